The normalized spacial score (nSPS) is 16.3. The summed E-state index contributed by atoms with van der Waals surface area (Å²) in [6.45, 7) is 2.21. The number of carbonyl (C=O) groups is 4. The molecule has 0 aromatic heterocycles. The second-order valence-electron chi connectivity index (χ2n) is 8.73. The summed E-state index contributed by atoms with van der Waals surface area (Å²) in [6.07, 6.45) is 4.73. The van der Waals surface area contributed by atoms with Crippen molar-refractivity contribution >= 4 is 41.0 Å². The van der Waals surface area contributed by atoms with Gasteiger partial charge in [-0.1, -0.05) is 55.1 Å². The van der Waals surface area contributed by atoms with E-state index in [1.807, 2.05) is 0 Å². The average Bonchev–Trinajstić information content (AvgIpc) is 3.11. The zero-order chi connectivity index (χ0) is 25.7. The topological polar surface area (TPSA) is 105 Å². The van der Waals surface area contributed by atoms with Gasteiger partial charge in [-0.05, 0) is 49.6 Å². The van der Waals surface area contributed by atoms with Crippen LogP contribution in [0.5, 0.6) is 0 Å². The smallest absolute Gasteiger partial charge is 0.340 e. The van der Waals surface area contributed by atoms with Crippen molar-refractivity contribution in [3.63, 3.8) is 0 Å². The van der Waals surface area contributed by atoms with Crippen LogP contribution in [0.2, 0.25) is 0 Å². The monoisotopic (exact) mass is 509 g/mol. The molecule has 0 saturated heterocycles. The molecule has 0 unspecified atom stereocenters. The van der Waals surface area contributed by atoms with Gasteiger partial charge in [-0.3, -0.25) is 19.3 Å². The highest BCUT2D eigenvalue weighted by Crippen LogP contribution is 2.30. The molecule has 1 fully saturated rings. The Kier molecular flexibility index (Phi) is 8.05. The van der Waals surface area contributed by atoms with Crippen molar-refractivity contribution < 1.29 is 23.9 Å². The molecule has 0 atom stereocenters. The SMILES string of the molecule is CCOC(=O)c1ccccc1NC(=O)c1ccc(CNC2=C(Cl)C(=O)N(C3CCCCC3)C2=O)cc1. The zero-order valence-corrected chi connectivity index (χ0v) is 20.8. The van der Waals surface area contributed by atoms with E-state index in [0.717, 1.165) is 37.7 Å². The van der Waals surface area contributed by atoms with Crippen LogP contribution in [-0.4, -0.2) is 41.2 Å². The van der Waals surface area contributed by atoms with Crippen molar-refractivity contribution in [3.8, 4) is 0 Å². The van der Waals surface area contributed by atoms with Gasteiger partial charge in [-0.25, -0.2) is 4.79 Å². The van der Waals surface area contributed by atoms with E-state index >= 15 is 0 Å². The summed E-state index contributed by atoms with van der Waals surface area (Å²) in [5.74, 6) is -1.71. The molecule has 2 aromatic carbocycles. The second kappa shape index (κ2) is 11.4. The molecule has 188 valence electrons. The van der Waals surface area contributed by atoms with Gasteiger partial charge in [0.05, 0.1) is 17.9 Å². The molecule has 1 heterocycles. The minimum absolute atomic E-state index is 0.0816. The number of amides is 3. The number of nitrogens with zero attached hydrogens (tertiary/aromatic N) is 1. The molecule has 1 aliphatic carbocycles. The van der Waals surface area contributed by atoms with Gasteiger partial charge in [0.25, 0.3) is 17.7 Å². The highest BCUT2D eigenvalue weighted by atomic mass is 35.5. The number of esters is 1. The molecule has 4 rings (SSSR count). The minimum atomic E-state index is -0.509. The Hall–Kier alpha value is -3.65. The zero-order valence-electron chi connectivity index (χ0n) is 20.0. The van der Waals surface area contributed by atoms with Crippen molar-refractivity contribution in [1.29, 1.82) is 0 Å². The number of halogens is 1. The summed E-state index contributed by atoms with van der Waals surface area (Å²) in [5.41, 5.74) is 1.94. The maximum absolute atomic E-state index is 12.9. The van der Waals surface area contributed by atoms with Gasteiger partial charge < -0.3 is 15.4 Å². The first kappa shape index (κ1) is 25.4. The molecule has 2 aliphatic rings. The van der Waals surface area contributed by atoms with Crippen LogP contribution in [0, 0.1) is 0 Å². The van der Waals surface area contributed by atoms with Crippen LogP contribution in [-0.2, 0) is 20.9 Å². The Morgan fingerprint density at radius 3 is 2.39 bits per heavy atom. The predicted octanol–water partition coefficient (Wildman–Crippen LogP) is 4.36. The van der Waals surface area contributed by atoms with Crippen LogP contribution in [0.3, 0.4) is 0 Å². The molecule has 2 N–H and O–H groups in total. The molecule has 1 saturated carbocycles. The van der Waals surface area contributed by atoms with Crippen molar-refractivity contribution in [2.45, 2.75) is 51.6 Å². The fraction of sp³-hybridized carbons (Fsp3) is 0.333. The van der Waals surface area contributed by atoms with E-state index in [9.17, 15) is 19.2 Å². The molecule has 0 spiro atoms. The van der Waals surface area contributed by atoms with Crippen molar-refractivity contribution in [3.05, 3.63) is 76.0 Å². The van der Waals surface area contributed by atoms with Gasteiger partial charge in [0.15, 0.2) is 0 Å². The minimum Gasteiger partial charge on any atom is -0.462 e. The number of hydrogen-bond donors (Lipinski definition) is 2. The first-order valence-electron chi connectivity index (χ1n) is 12.1. The van der Waals surface area contributed by atoms with Crippen molar-refractivity contribution in [2.75, 3.05) is 11.9 Å². The maximum Gasteiger partial charge on any atom is 0.340 e. The lowest BCUT2D eigenvalue weighted by Crippen LogP contribution is -2.43. The van der Waals surface area contributed by atoms with Gasteiger partial charge in [0.1, 0.15) is 10.7 Å². The Morgan fingerprint density at radius 2 is 1.69 bits per heavy atom. The maximum atomic E-state index is 12.9. The Labute approximate surface area is 214 Å². The molecule has 1 aliphatic heterocycles. The molecule has 2 aromatic rings. The summed E-state index contributed by atoms with van der Waals surface area (Å²) < 4.78 is 5.05. The average molecular weight is 510 g/mol. The van der Waals surface area contributed by atoms with E-state index in [4.69, 9.17) is 16.3 Å². The molecule has 0 radical (unpaired) electrons. The van der Waals surface area contributed by atoms with E-state index in [0.29, 0.717) is 11.3 Å². The van der Waals surface area contributed by atoms with E-state index < -0.39 is 11.9 Å². The first-order valence-corrected chi connectivity index (χ1v) is 12.5. The number of para-hydroxylation sites is 1. The molecule has 0 bridgehead atoms. The van der Waals surface area contributed by atoms with Gasteiger partial charge in [0, 0.05) is 18.2 Å². The highest BCUT2D eigenvalue weighted by Gasteiger charge is 2.41. The highest BCUT2D eigenvalue weighted by molar-refractivity contribution is 6.47. The number of nitrogens with one attached hydrogen (secondary N) is 2. The number of anilines is 1. The van der Waals surface area contributed by atoms with Crippen LogP contribution in [0.4, 0.5) is 5.69 Å². The largest absolute Gasteiger partial charge is 0.462 e. The fourth-order valence-electron chi connectivity index (χ4n) is 4.48. The number of imide groups is 1. The number of rotatable bonds is 8. The van der Waals surface area contributed by atoms with E-state index in [2.05, 4.69) is 10.6 Å². The van der Waals surface area contributed by atoms with Crippen molar-refractivity contribution in [1.82, 2.24) is 10.2 Å². The number of ether oxygens (including phenoxy) is 1. The van der Waals surface area contributed by atoms with Crippen molar-refractivity contribution in [2.24, 2.45) is 0 Å². The number of hydrogen-bond acceptors (Lipinski definition) is 6. The molecule has 9 heteroatoms. The molecular weight excluding hydrogens is 482 g/mol. The van der Waals surface area contributed by atoms with Crippen LogP contribution >= 0.6 is 11.6 Å². The van der Waals surface area contributed by atoms with Crippen LogP contribution in [0.15, 0.2) is 59.3 Å². The summed E-state index contributed by atoms with van der Waals surface area (Å²) in [4.78, 5) is 51.7. The third kappa shape index (κ3) is 5.44. The number of benzene rings is 2. The molecular formula is C27H28ClN3O5. The summed E-state index contributed by atoms with van der Waals surface area (Å²) in [7, 11) is 0. The Bertz CT molecular complexity index is 1200. The first-order chi connectivity index (χ1) is 17.4. The third-order valence-corrected chi connectivity index (χ3v) is 6.71. The summed E-state index contributed by atoms with van der Waals surface area (Å²) in [5, 5.41) is 5.67. The van der Waals surface area contributed by atoms with Gasteiger partial charge in [-0.15, -0.1) is 0 Å². The number of carbonyl (C=O) groups excluding carboxylic acids is 4. The summed E-state index contributed by atoms with van der Waals surface area (Å²) in [6, 6.07) is 13.3. The lowest BCUT2D eigenvalue weighted by atomic mass is 9.94. The Balaban J connectivity index is 1.38. The van der Waals surface area contributed by atoms with E-state index in [1.165, 1.54) is 4.90 Å². The lowest BCUT2D eigenvalue weighted by molar-refractivity contribution is -0.140. The standard InChI is InChI=1S/C27H28ClN3O5/c1-2-36-27(35)20-10-6-7-11-21(20)30-24(32)18-14-12-17(13-15-18)16-29-23-22(28)25(33)31(26(23)34)19-8-4-3-5-9-19/h6-7,10-15,19,29H,2-5,8-9,16H2,1H3,(H,30,32). The fourth-order valence-corrected chi connectivity index (χ4v) is 4.72. The van der Waals surface area contributed by atoms with E-state index in [1.54, 1.807) is 55.5 Å². The quantitative estimate of drug-likeness (QED) is 0.405. The second-order valence-corrected chi connectivity index (χ2v) is 9.11. The van der Waals surface area contributed by atoms with E-state index in [-0.39, 0.29) is 47.3 Å². The lowest BCUT2D eigenvalue weighted by Gasteiger charge is -2.29. The van der Waals surface area contributed by atoms with Gasteiger partial charge in [-0.2, -0.15) is 0 Å². The van der Waals surface area contributed by atoms with Gasteiger partial charge in [0.2, 0.25) is 0 Å². The summed E-state index contributed by atoms with van der Waals surface area (Å²) >= 11 is 6.22. The Morgan fingerprint density at radius 1 is 1.00 bits per heavy atom. The van der Waals surface area contributed by atoms with Crippen LogP contribution in [0.25, 0.3) is 0 Å². The third-order valence-electron chi connectivity index (χ3n) is 6.35. The molecule has 8 nitrogen and oxygen atoms in total. The molecule has 36 heavy (non-hydrogen) atoms. The van der Waals surface area contributed by atoms with Crippen LogP contribution in [0.1, 0.15) is 65.3 Å². The van der Waals surface area contributed by atoms with Crippen LogP contribution < -0.4 is 10.6 Å². The predicted molar refractivity (Wildman–Crippen MR) is 135 cm³/mol. The van der Waals surface area contributed by atoms with Gasteiger partial charge >= 0.3 is 5.97 Å². The molecule has 3 amide bonds.